The molecule has 0 unspecified atom stereocenters. The van der Waals surface area contributed by atoms with E-state index in [0.717, 1.165) is 42.8 Å². The number of ether oxygens (including phenoxy) is 2. The lowest BCUT2D eigenvalue weighted by Crippen LogP contribution is -2.54. The van der Waals surface area contributed by atoms with Crippen molar-refractivity contribution in [3.63, 3.8) is 0 Å². The number of likely N-dealkylation sites (tertiary alicyclic amines) is 1. The minimum Gasteiger partial charge on any atom is -0.493 e. The Morgan fingerprint density at radius 2 is 1.67 bits per heavy atom. The molecule has 2 saturated heterocycles. The second kappa shape index (κ2) is 12.7. The molecule has 3 aromatic carbocycles. The quantitative estimate of drug-likeness (QED) is 0.266. The third-order valence-corrected chi connectivity index (χ3v) is 7.53. The molecule has 2 aliphatic rings. The van der Waals surface area contributed by atoms with Crippen molar-refractivity contribution in [2.75, 3.05) is 25.1 Å². The summed E-state index contributed by atoms with van der Waals surface area (Å²) in [5.74, 6) is -0.819. The third-order valence-electron chi connectivity index (χ3n) is 6.99. The van der Waals surface area contributed by atoms with Gasteiger partial charge in [-0.2, -0.15) is 0 Å². The Kier molecular flexibility index (Phi) is 8.80. The summed E-state index contributed by atoms with van der Waals surface area (Å²) in [7, 11) is 1.47. The lowest BCUT2D eigenvalue weighted by atomic mass is 10.1. The van der Waals surface area contributed by atoms with E-state index in [1.165, 1.54) is 31.4 Å². The Balaban J connectivity index is 1.30. The van der Waals surface area contributed by atoms with Crippen molar-refractivity contribution < 1.29 is 28.7 Å². The SMILES string of the molecule is COc1cc(/C=C2\C(=O)NC(=O)N(c3ccc(Cl)cc3Cl)C2=O)ccc1OCc1ccc(C(=O)N2CCCCC2)cc1. The van der Waals surface area contributed by atoms with Crippen molar-refractivity contribution in [1.82, 2.24) is 10.2 Å². The molecule has 0 aliphatic carbocycles. The average molecular weight is 608 g/mol. The second-order valence-corrected chi connectivity index (χ2v) is 10.6. The molecule has 5 amide bonds. The number of nitrogens with one attached hydrogen (secondary N) is 1. The van der Waals surface area contributed by atoms with Crippen LogP contribution in [0, 0.1) is 0 Å². The Morgan fingerprint density at radius 1 is 0.929 bits per heavy atom. The molecule has 5 rings (SSSR count). The smallest absolute Gasteiger partial charge is 0.335 e. The van der Waals surface area contributed by atoms with E-state index in [4.69, 9.17) is 32.7 Å². The normalized spacial score (nSPS) is 16.5. The first kappa shape index (κ1) is 29.2. The van der Waals surface area contributed by atoms with Crippen molar-refractivity contribution >= 4 is 58.7 Å². The van der Waals surface area contributed by atoms with E-state index in [1.54, 1.807) is 30.3 Å². The molecular formula is C31H27Cl2N3O6. The Morgan fingerprint density at radius 3 is 2.36 bits per heavy atom. The van der Waals surface area contributed by atoms with Gasteiger partial charge < -0.3 is 14.4 Å². The van der Waals surface area contributed by atoms with Crippen LogP contribution in [0.1, 0.15) is 40.7 Å². The summed E-state index contributed by atoms with van der Waals surface area (Å²) in [5, 5.41) is 2.57. The summed E-state index contributed by atoms with van der Waals surface area (Å²) in [6.07, 6.45) is 4.59. The summed E-state index contributed by atoms with van der Waals surface area (Å²) in [4.78, 5) is 53.7. The largest absolute Gasteiger partial charge is 0.493 e. The van der Waals surface area contributed by atoms with E-state index in [2.05, 4.69) is 5.32 Å². The van der Waals surface area contributed by atoms with Crippen LogP contribution in [0.2, 0.25) is 10.0 Å². The van der Waals surface area contributed by atoms with Crippen LogP contribution in [-0.4, -0.2) is 48.9 Å². The summed E-state index contributed by atoms with van der Waals surface area (Å²) < 4.78 is 11.4. The molecule has 2 fully saturated rings. The predicted octanol–water partition coefficient (Wildman–Crippen LogP) is 5.87. The van der Waals surface area contributed by atoms with Gasteiger partial charge in [-0.3, -0.25) is 19.7 Å². The van der Waals surface area contributed by atoms with Gasteiger partial charge in [0.2, 0.25) is 0 Å². The summed E-state index contributed by atoms with van der Waals surface area (Å²) in [6, 6.07) is 15.6. The maximum absolute atomic E-state index is 13.2. The van der Waals surface area contributed by atoms with Crippen LogP contribution in [0.15, 0.2) is 66.2 Å². The van der Waals surface area contributed by atoms with Crippen LogP contribution >= 0.6 is 23.2 Å². The van der Waals surface area contributed by atoms with Crippen LogP contribution in [-0.2, 0) is 16.2 Å². The lowest BCUT2D eigenvalue weighted by molar-refractivity contribution is -0.122. The van der Waals surface area contributed by atoms with Gasteiger partial charge in [0, 0.05) is 23.7 Å². The molecule has 0 saturated carbocycles. The number of methoxy groups -OCH3 is 1. The number of barbiturate groups is 1. The number of nitrogens with zero attached hydrogens (tertiary/aromatic N) is 2. The summed E-state index contributed by atoms with van der Waals surface area (Å²) >= 11 is 12.2. The van der Waals surface area contributed by atoms with Crippen LogP contribution in [0.25, 0.3) is 6.08 Å². The van der Waals surface area contributed by atoms with Crippen molar-refractivity contribution in [3.8, 4) is 11.5 Å². The second-order valence-electron chi connectivity index (χ2n) is 9.80. The van der Waals surface area contributed by atoms with Gasteiger partial charge in [0.25, 0.3) is 17.7 Å². The summed E-state index contributed by atoms with van der Waals surface area (Å²) in [5.41, 5.74) is 1.81. The van der Waals surface area contributed by atoms with E-state index in [9.17, 15) is 19.2 Å². The highest BCUT2D eigenvalue weighted by molar-refractivity contribution is 6.42. The highest BCUT2D eigenvalue weighted by atomic mass is 35.5. The molecule has 42 heavy (non-hydrogen) atoms. The van der Waals surface area contributed by atoms with E-state index in [0.29, 0.717) is 27.6 Å². The van der Waals surface area contributed by atoms with Gasteiger partial charge in [-0.15, -0.1) is 0 Å². The molecular weight excluding hydrogens is 581 g/mol. The van der Waals surface area contributed by atoms with Gasteiger partial charge in [-0.1, -0.05) is 41.4 Å². The molecule has 1 N–H and O–H groups in total. The van der Waals surface area contributed by atoms with E-state index in [1.807, 2.05) is 17.0 Å². The molecule has 0 spiro atoms. The van der Waals surface area contributed by atoms with Crippen molar-refractivity contribution in [1.29, 1.82) is 0 Å². The average Bonchev–Trinajstić information content (AvgIpc) is 2.99. The first-order chi connectivity index (χ1) is 20.2. The highest BCUT2D eigenvalue weighted by Gasteiger charge is 2.37. The molecule has 9 nitrogen and oxygen atoms in total. The van der Waals surface area contributed by atoms with Gasteiger partial charge in [0.15, 0.2) is 11.5 Å². The lowest BCUT2D eigenvalue weighted by Gasteiger charge is -2.27. The molecule has 11 heteroatoms. The number of halogens is 2. The number of rotatable bonds is 7. The number of carbonyl (C=O) groups excluding carboxylic acids is 4. The standard InChI is InChI=1S/C31H27Cl2N3O6/c1-41-27-16-20(15-23-28(37)34-31(40)36(30(23)39)25-11-10-22(32)17-24(25)33)7-12-26(27)42-18-19-5-8-21(9-6-19)29(38)35-13-3-2-4-14-35/h5-12,15-17H,2-4,13-14,18H2,1H3,(H,34,37,40)/b23-15+. The molecule has 2 heterocycles. The maximum Gasteiger partial charge on any atom is 0.335 e. The number of benzene rings is 3. The number of hydrogen-bond acceptors (Lipinski definition) is 6. The topological polar surface area (TPSA) is 105 Å². The number of piperidine rings is 1. The Bertz CT molecular complexity index is 1580. The van der Waals surface area contributed by atoms with E-state index in [-0.39, 0.29) is 28.8 Å². The van der Waals surface area contributed by atoms with Crippen molar-refractivity contribution in [2.24, 2.45) is 0 Å². The molecule has 3 aromatic rings. The Labute approximate surface area is 252 Å². The first-order valence-electron chi connectivity index (χ1n) is 13.3. The molecule has 2 aliphatic heterocycles. The molecule has 0 aromatic heterocycles. The van der Waals surface area contributed by atoms with Crippen molar-refractivity contribution in [3.05, 3.63) is 93.0 Å². The number of amides is 5. The van der Waals surface area contributed by atoms with Crippen molar-refractivity contribution in [2.45, 2.75) is 25.9 Å². The number of imide groups is 2. The van der Waals surface area contributed by atoms with E-state index < -0.39 is 17.8 Å². The fraction of sp³-hybridized carbons (Fsp3) is 0.226. The van der Waals surface area contributed by atoms with Gasteiger partial charge in [0.05, 0.1) is 17.8 Å². The number of carbonyl (C=O) groups is 4. The number of anilines is 1. The van der Waals surface area contributed by atoms with Gasteiger partial charge in [-0.05, 0) is 78.9 Å². The molecule has 216 valence electrons. The van der Waals surface area contributed by atoms with Gasteiger partial charge in [0.1, 0.15) is 12.2 Å². The van der Waals surface area contributed by atoms with E-state index >= 15 is 0 Å². The zero-order valence-electron chi connectivity index (χ0n) is 22.7. The van der Waals surface area contributed by atoms with Crippen LogP contribution in [0.5, 0.6) is 11.5 Å². The molecule has 0 atom stereocenters. The predicted molar refractivity (Wildman–Crippen MR) is 159 cm³/mol. The zero-order valence-corrected chi connectivity index (χ0v) is 24.2. The third kappa shape index (κ3) is 6.27. The molecule has 0 radical (unpaired) electrons. The molecule has 0 bridgehead atoms. The maximum atomic E-state index is 13.2. The monoisotopic (exact) mass is 607 g/mol. The first-order valence-corrected chi connectivity index (χ1v) is 14.1. The minimum atomic E-state index is -0.920. The Hall–Kier alpha value is -4.34. The van der Waals surface area contributed by atoms with Crippen LogP contribution < -0.4 is 19.7 Å². The van der Waals surface area contributed by atoms with Gasteiger partial charge >= 0.3 is 6.03 Å². The zero-order chi connectivity index (χ0) is 29.8. The number of hydrogen-bond donors (Lipinski definition) is 1. The number of urea groups is 1. The fourth-order valence-electron chi connectivity index (χ4n) is 4.78. The minimum absolute atomic E-state index is 0.0439. The van der Waals surface area contributed by atoms with Gasteiger partial charge in [-0.25, -0.2) is 9.69 Å². The summed E-state index contributed by atoms with van der Waals surface area (Å²) in [6.45, 7) is 1.82. The van der Waals surface area contributed by atoms with Crippen LogP contribution in [0.3, 0.4) is 0 Å². The van der Waals surface area contributed by atoms with Crippen LogP contribution in [0.4, 0.5) is 10.5 Å². The highest BCUT2D eigenvalue weighted by Crippen LogP contribution is 2.33. The fourth-order valence-corrected chi connectivity index (χ4v) is 5.28.